The lowest BCUT2D eigenvalue weighted by molar-refractivity contribution is 0.103. The Labute approximate surface area is 122 Å². The van der Waals surface area contributed by atoms with E-state index < -0.39 is 5.82 Å². The van der Waals surface area contributed by atoms with Crippen molar-refractivity contribution in [3.63, 3.8) is 0 Å². The summed E-state index contributed by atoms with van der Waals surface area (Å²) in [6, 6.07) is 15.3. The molecule has 0 heterocycles. The fourth-order valence-corrected chi connectivity index (χ4v) is 2.51. The number of halogens is 1. The van der Waals surface area contributed by atoms with E-state index >= 15 is 0 Å². The molecular weight excluding hydrogens is 265 g/mol. The molecule has 104 valence electrons. The van der Waals surface area contributed by atoms with Gasteiger partial charge in [0.1, 0.15) is 5.82 Å². The van der Waals surface area contributed by atoms with Gasteiger partial charge >= 0.3 is 0 Å². The fourth-order valence-electron chi connectivity index (χ4n) is 2.51. The molecule has 2 nitrogen and oxygen atoms in total. The Morgan fingerprint density at radius 1 is 0.952 bits per heavy atom. The second-order valence-corrected chi connectivity index (χ2v) is 5.04. The van der Waals surface area contributed by atoms with E-state index in [1.54, 1.807) is 6.07 Å². The van der Waals surface area contributed by atoms with Gasteiger partial charge in [-0.3, -0.25) is 4.79 Å². The summed E-state index contributed by atoms with van der Waals surface area (Å²) in [4.78, 5) is 12.6. The van der Waals surface area contributed by atoms with Crippen LogP contribution in [0.25, 0.3) is 10.8 Å². The maximum Gasteiger partial charge on any atom is 0.196 e. The summed E-state index contributed by atoms with van der Waals surface area (Å²) in [5.41, 5.74) is 7.60. The van der Waals surface area contributed by atoms with Crippen LogP contribution in [0.15, 0.2) is 54.6 Å². The number of aryl methyl sites for hydroxylation is 1. The van der Waals surface area contributed by atoms with Gasteiger partial charge < -0.3 is 5.73 Å². The number of nitrogen functional groups attached to an aromatic ring is 1. The third-order valence-electron chi connectivity index (χ3n) is 3.62. The molecule has 3 aromatic carbocycles. The van der Waals surface area contributed by atoms with Gasteiger partial charge in [0.25, 0.3) is 0 Å². The van der Waals surface area contributed by atoms with Crippen molar-refractivity contribution >= 4 is 22.2 Å². The van der Waals surface area contributed by atoms with E-state index in [-0.39, 0.29) is 11.3 Å². The van der Waals surface area contributed by atoms with Gasteiger partial charge in [-0.25, -0.2) is 4.39 Å². The number of anilines is 1. The summed E-state index contributed by atoms with van der Waals surface area (Å²) >= 11 is 0. The van der Waals surface area contributed by atoms with Gasteiger partial charge in [0, 0.05) is 11.3 Å². The fraction of sp³-hybridized carbons (Fsp3) is 0.0556. The van der Waals surface area contributed by atoms with Crippen LogP contribution in [-0.4, -0.2) is 5.78 Å². The summed E-state index contributed by atoms with van der Waals surface area (Å²) in [7, 11) is 0. The summed E-state index contributed by atoms with van der Waals surface area (Å²) in [5, 5.41) is 1.82. The molecule has 0 bridgehead atoms. The van der Waals surface area contributed by atoms with Gasteiger partial charge in [0.05, 0.1) is 5.56 Å². The van der Waals surface area contributed by atoms with E-state index in [0.717, 1.165) is 16.3 Å². The molecule has 0 aromatic heterocycles. The molecule has 0 aliphatic carbocycles. The molecule has 0 radical (unpaired) electrons. The smallest absolute Gasteiger partial charge is 0.196 e. The Hall–Kier alpha value is -2.68. The first-order valence-corrected chi connectivity index (χ1v) is 6.66. The second-order valence-electron chi connectivity index (χ2n) is 5.04. The number of benzene rings is 3. The van der Waals surface area contributed by atoms with Gasteiger partial charge in [0.2, 0.25) is 0 Å². The Morgan fingerprint density at radius 2 is 1.67 bits per heavy atom. The summed E-state index contributed by atoms with van der Waals surface area (Å²) in [6.07, 6.45) is 0. The van der Waals surface area contributed by atoms with E-state index in [4.69, 9.17) is 5.73 Å². The Bertz CT molecular complexity index is 855. The maximum absolute atomic E-state index is 13.9. The Kier molecular flexibility index (Phi) is 3.18. The molecule has 0 amide bonds. The van der Waals surface area contributed by atoms with Crippen LogP contribution < -0.4 is 5.73 Å². The number of hydrogen-bond donors (Lipinski definition) is 1. The number of carbonyl (C=O) groups excluding carboxylic acids is 1. The van der Waals surface area contributed by atoms with Gasteiger partial charge in [-0.05, 0) is 41.5 Å². The number of ketones is 1. The molecule has 3 rings (SSSR count). The first-order chi connectivity index (χ1) is 10.1. The highest BCUT2D eigenvalue weighted by Crippen LogP contribution is 2.25. The summed E-state index contributed by atoms with van der Waals surface area (Å²) in [5.74, 6) is -0.908. The standard InChI is InChI=1S/C18H14FNO/c1-11-6-8-15(14-5-3-2-4-13(11)14)18(21)16-10-12(20)7-9-17(16)19/h2-10H,20H2,1H3. The lowest BCUT2D eigenvalue weighted by atomic mass is 9.94. The molecule has 0 saturated heterocycles. The predicted molar refractivity (Wildman–Crippen MR) is 82.9 cm³/mol. The minimum atomic E-state index is -0.557. The highest BCUT2D eigenvalue weighted by Gasteiger charge is 2.17. The van der Waals surface area contributed by atoms with E-state index in [1.807, 2.05) is 37.3 Å². The van der Waals surface area contributed by atoms with Crippen molar-refractivity contribution in [1.82, 2.24) is 0 Å². The molecule has 0 fully saturated rings. The molecule has 0 aliphatic rings. The molecule has 3 heteroatoms. The predicted octanol–water partition coefficient (Wildman–Crippen LogP) is 4.10. The third-order valence-corrected chi connectivity index (χ3v) is 3.62. The van der Waals surface area contributed by atoms with Crippen molar-refractivity contribution in [3.05, 3.63) is 77.1 Å². The van der Waals surface area contributed by atoms with Crippen molar-refractivity contribution < 1.29 is 9.18 Å². The first kappa shape index (κ1) is 13.3. The Balaban J connectivity index is 2.23. The quantitative estimate of drug-likeness (QED) is 0.567. The topological polar surface area (TPSA) is 43.1 Å². The monoisotopic (exact) mass is 279 g/mol. The van der Waals surface area contributed by atoms with E-state index in [1.165, 1.54) is 18.2 Å². The molecular formula is C18H14FNO. The molecule has 0 spiro atoms. The van der Waals surface area contributed by atoms with E-state index in [0.29, 0.717) is 11.3 Å². The second kappa shape index (κ2) is 5.02. The average Bonchev–Trinajstić information content (AvgIpc) is 2.50. The number of nitrogens with two attached hydrogens (primary N) is 1. The van der Waals surface area contributed by atoms with Crippen LogP contribution in [0.2, 0.25) is 0 Å². The zero-order chi connectivity index (χ0) is 15.0. The van der Waals surface area contributed by atoms with Gasteiger partial charge in [0.15, 0.2) is 5.78 Å². The number of carbonyl (C=O) groups is 1. The number of hydrogen-bond acceptors (Lipinski definition) is 2. The summed E-state index contributed by atoms with van der Waals surface area (Å²) < 4.78 is 13.9. The Morgan fingerprint density at radius 3 is 2.43 bits per heavy atom. The molecule has 21 heavy (non-hydrogen) atoms. The molecule has 0 saturated carbocycles. The van der Waals surface area contributed by atoms with Crippen molar-refractivity contribution in [1.29, 1.82) is 0 Å². The van der Waals surface area contributed by atoms with Gasteiger partial charge in [-0.2, -0.15) is 0 Å². The van der Waals surface area contributed by atoms with Crippen LogP contribution in [0.1, 0.15) is 21.5 Å². The molecule has 0 aliphatic heterocycles. The molecule has 3 aromatic rings. The average molecular weight is 279 g/mol. The molecule has 0 atom stereocenters. The van der Waals surface area contributed by atoms with Crippen LogP contribution in [0, 0.1) is 12.7 Å². The van der Waals surface area contributed by atoms with Crippen LogP contribution >= 0.6 is 0 Å². The SMILES string of the molecule is Cc1ccc(C(=O)c2cc(N)ccc2F)c2ccccc12. The van der Waals surface area contributed by atoms with Crippen molar-refractivity contribution in [3.8, 4) is 0 Å². The van der Waals surface area contributed by atoms with E-state index in [2.05, 4.69) is 0 Å². The molecule has 2 N–H and O–H groups in total. The maximum atomic E-state index is 13.9. The highest BCUT2D eigenvalue weighted by molar-refractivity contribution is 6.17. The minimum Gasteiger partial charge on any atom is -0.399 e. The van der Waals surface area contributed by atoms with Gasteiger partial charge in [-0.15, -0.1) is 0 Å². The zero-order valence-corrected chi connectivity index (χ0v) is 11.6. The molecule has 0 unspecified atom stereocenters. The largest absolute Gasteiger partial charge is 0.399 e. The lowest BCUT2D eigenvalue weighted by Gasteiger charge is -2.09. The van der Waals surface area contributed by atoms with Crippen molar-refractivity contribution in [2.24, 2.45) is 0 Å². The van der Waals surface area contributed by atoms with Gasteiger partial charge in [-0.1, -0.05) is 36.4 Å². The number of fused-ring (bicyclic) bond motifs is 1. The van der Waals surface area contributed by atoms with Crippen LogP contribution in [0.3, 0.4) is 0 Å². The zero-order valence-electron chi connectivity index (χ0n) is 11.6. The highest BCUT2D eigenvalue weighted by atomic mass is 19.1. The van der Waals surface area contributed by atoms with Crippen LogP contribution in [0.4, 0.5) is 10.1 Å². The lowest BCUT2D eigenvalue weighted by Crippen LogP contribution is -2.06. The summed E-state index contributed by atoms with van der Waals surface area (Å²) in [6.45, 7) is 1.98. The third kappa shape index (κ3) is 2.27. The normalized spacial score (nSPS) is 10.8. The minimum absolute atomic E-state index is 0.00371. The number of rotatable bonds is 2. The van der Waals surface area contributed by atoms with E-state index in [9.17, 15) is 9.18 Å². The van der Waals surface area contributed by atoms with Crippen LogP contribution in [-0.2, 0) is 0 Å². The van der Waals surface area contributed by atoms with Crippen molar-refractivity contribution in [2.75, 3.05) is 5.73 Å². The van der Waals surface area contributed by atoms with Crippen molar-refractivity contribution in [2.45, 2.75) is 6.92 Å². The first-order valence-electron chi connectivity index (χ1n) is 6.66. The van der Waals surface area contributed by atoms with Crippen LogP contribution in [0.5, 0.6) is 0 Å².